The molecule has 0 aliphatic carbocycles. The molecular weight excluding hydrogens is 188 g/mol. The van der Waals surface area contributed by atoms with Crippen molar-refractivity contribution in [2.45, 2.75) is 52.6 Å². The Labute approximate surface area is 94.4 Å². The van der Waals surface area contributed by atoms with E-state index >= 15 is 0 Å². The molecule has 0 aromatic rings. The van der Waals surface area contributed by atoms with Crippen molar-refractivity contribution in [2.75, 3.05) is 20.6 Å². The molecule has 1 amide bonds. The predicted molar refractivity (Wildman–Crippen MR) is 64.9 cm³/mol. The maximum atomic E-state index is 11.9. The van der Waals surface area contributed by atoms with Gasteiger partial charge >= 0.3 is 0 Å². The molecule has 0 saturated carbocycles. The Morgan fingerprint density at radius 2 is 1.53 bits per heavy atom. The lowest BCUT2D eigenvalue weighted by atomic mass is 10.2. The Morgan fingerprint density at radius 1 is 1.07 bits per heavy atom. The molecule has 0 spiro atoms. The van der Waals surface area contributed by atoms with E-state index in [1.807, 2.05) is 19.0 Å². The summed E-state index contributed by atoms with van der Waals surface area (Å²) in [7, 11) is 4.07. The lowest BCUT2D eigenvalue weighted by Crippen LogP contribution is -2.42. The summed E-state index contributed by atoms with van der Waals surface area (Å²) in [5.74, 6) is 0.279. The van der Waals surface area contributed by atoms with Crippen LogP contribution in [0.2, 0.25) is 0 Å². The summed E-state index contributed by atoms with van der Waals surface area (Å²) in [4.78, 5) is 16.0. The Hall–Kier alpha value is -0.570. The molecule has 0 fully saturated rings. The van der Waals surface area contributed by atoms with Crippen LogP contribution in [-0.2, 0) is 4.79 Å². The minimum atomic E-state index is 0.279. The average Bonchev–Trinajstić information content (AvgIpc) is 2.01. The standard InChI is InChI=1S/C12H26N2O/c1-10(2)14(11(3)4)12(15)8-7-9-13(5)6/h10-11H,7-9H2,1-6H3. The predicted octanol–water partition coefficient (Wildman–Crippen LogP) is 1.97. The molecule has 0 unspecified atom stereocenters. The van der Waals surface area contributed by atoms with E-state index in [9.17, 15) is 4.79 Å². The number of hydrogen-bond acceptors (Lipinski definition) is 2. The summed E-state index contributed by atoms with van der Waals surface area (Å²) in [6, 6.07) is 0.605. The van der Waals surface area contributed by atoms with E-state index in [1.54, 1.807) is 0 Å². The Morgan fingerprint density at radius 3 is 1.87 bits per heavy atom. The summed E-state index contributed by atoms with van der Waals surface area (Å²) in [5, 5.41) is 0. The Bertz CT molecular complexity index is 180. The zero-order valence-corrected chi connectivity index (χ0v) is 11.1. The van der Waals surface area contributed by atoms with Crippen LogP contribution in [0.25, 0.3) is 0 Å². The molecule has 0 rings (SSSR count). The van der Waals surface area contributed by atoms with Gasteiger partial charge in [0.2, 0.25) is 5.91 Å². The van der Waals surface area contributed by atoms with E-state index in [1.165, 1.54) is 0 Å². The van der Waals surface area contributed by atoms with Crippen LogP contribution >= 0.6 is 0 Å². The van der Waals surface area contributed by atoms with Crippen molar-refractivity contribution in [1.82, 2.24) is 9.80 Å². The van der Waals surface area contributed by atoms with Crippen LogP contribution in [-0.4, -0.2) is 48.4 Å². The van der Waals surface area contributed by atoms with Crippen molar-refractivity contribution in [3.05, 3.63) is 0 Å². The maximum Gasteiger partial charge on any atom is 0.223 e. The first-order valence-electron chi connectivity index (χ1n) is 5.82. The molecule has 0 aromatic carbocycles. The van der Waals surface area contributed by atoms with Gasteiger partial charge in [0.15, 0.2) is 0 Å². The maximum absolute atomic E-state index is 11.9. The Balaban J connectivity index is 4.04. The third-order valence-electron chi connectivity index (χ3n) is 2.40. The normalized spacial score (nSPS) is 11.5. The van der Waals surface area contributed by atoms with Crippen molar-refractivity contribution in [3.63, 3.8) is 0 Å². The molecule has 0 radical (unpaired) electrons. The van der Waals surface area contributed by atoms with E-state index in [-0.39, 0.29) is 5.91 Å². The highest BCUT2D eigenvalue weighted by Crippen LogP contribution is 2.08. The highest BCUT2D eigenvalue weighted by atomic mass is 16.2. The molecule has 0 aromatic heterocycles. The second kappa shape index (κ2) is 6.83. The smallest absolute Gasteiger partial charge is 0.223 e. The quantitative estimate of drug-likeness (QED) is 0.675. The van der Waals surface area contributed by atoms with Gasteiger partial charge in [-0.1, -0.05) is 0 Å². The SMILES string of the molecule is CC(C)N(C(=O)CCCN(C)C)C(C)C. The van der Waals surface area contributed by atoms with E-state index < -0.39 is 0 Å². The van der Waals surface area contributed by atoms with Gasteiger partial charge in [0.25, 0.3) is 0 Å². The third-order valence-corrected chi connectivity index (χ3v) is 2.40. The van der Waals surface area contributed by atoms with Gasteiger partial charge in [-0.15, -0.1) is 0 Å². The summed E-state index contributed by atoms with van der Waals surface area (Å²) in [6.07, 6.45) is 1.61. The lowest BCUT2D eigenvalue weighted by Gasteiger charge is -2.31. The molecular formula is C12H26N2O. The van der Waals surface area contributed by atoms with E-state index in [0.717, 1.165) is 13.0 Å². The van der Waals surface area contributed by atoms with Crippen molar-refractivity contribution in [1.29, 1.82) is 0 Å². The van der Waals surface area contributed by atoms with Crippen LogP contribution < -0.4 is 0 Å². The van der Waals surface area contributed by atoms with Crippen LogP contribution in [0.5, 0.6) is 0 Å². The number of amides is 1. The van der Waals surface area contributed by atoms with Gasteiger partial charge in [0.1, 0.15) is 0 Å². The van der Waals surface area contributed by atoms with E-state index in [2.05, 4.69) is 32.6 Å². The van der Waals surface area contributed by atoms with Crippen molar-refractivity contribution < 1.29 is 4.79 Å². The van der Waals surface area contributed by atoms with Gasteiger partial charge in [-0.3, -0.25) is 4.79 Å². The largest absolute Gasteiger partial charge is 0.338 e. The topological polar surface area (TPSA) is 23.6 Å². The number of carbonyl (C=O) groups is 1. The summed E-state index contributed by atoms with van der Waals surface area (Å²) in [5.41, 5.74) is 0. The lowest BCUT2D eigenvalue weighted by molar-refractivity contribution is -0.134. The zero-order chi connectivity index (χ0) is 12.0. The minimum absolute atomic E-state index is 0.279. The van der Waals surface area contributed by atoms with E-state index in [4.69, 9.17) is 0 Å². The van der Waals surface area contributed by atoms with E-state index in [0.29, 0.717) is 18.5 Å². The number of nitrogens with zero attached hydrogens (tertiary/aromatic N) is 2. The highest BCUT2D eigenvalue weighted by Gasteiger charge is 2.19. The van der Waals surface area contributed by atoms with Gasteiger partial charge in [-0.05, 0) is 54.8 Å². The van der Waals surface area contributed by atoms with Crippen LogP contribution in [0, 0.1) is 0 Å². The van der Waals surface area contributed by atoms with Gasteiger partial charge < -0.3 is 9.80 Å². The first-order chi connectivity index (χ1) is 6.86. The number of rotatable bonds is 6. The average molecular weight is 214 g/mol. The number of carbonyl (C=O) groups excluding carboxylic acids is 1. The molecule has 0 N–H and O–H groups in total. The van der Waals surface area contributed by atoms with Crippen molar-refractivity contribution in [2.24, 2.45) is 0 Å². The molecule has 0 bridgehead atoms. The molecule has 15 heavy (non-hydrogen) atoms. The van der Waals surface area contributed by atoms with Gasteiger partial charge in [0.05, 0.1) is 0 Å². The fraction of sp³-hybridized carbons (Fsp3) is 0.917. The van der Waals surface area contributed by atoms with Crippen LogP contribution in [0.4, 0.5) is 0 Å². The molecule has 0 saturated heterocycles. The monoisotopic (exact) mass is 214 g/mol. The second-order valence-electron chi connectivity index (χ2n) is 4.90. The first-order valence-corrected chi connectivity index (χ1v) is 5.82. The zero-order valence-electron chi connectivity index (χ0n) is 11.1. The molecule has 3 heteroatoms. The molecule has 0 aliphatic heterocycles. The van der Waals surface area contributed by atoms with Gasteiger partial charge in [-0.2, -0.15) is 0 Å². The second-order valence-corrected chi connectivity index (χ2v) is 4.90. The van der Waals surface area contributed by atoms with Crippen molar-refractivity contribution >= 4 is 5.91 Å². The minimum Gasteiger partial charge on any atom is -0.338 e. The Kier molecular flexibility index (Phi) is 6.57. The van der Waals surface area contributed by atoms with Crippen LogP contribution in [0.1, 0.15) is 40.5 Å². The summed E-state index contributed by atoms with van der Waals surface area (Å²) in [6.45, 7) is 9.27. The van der Waals surface area contributed by atoms with Crippen LogP contribution in [0.3, 0.4) is 0 Å². The third kappa shape index (κ3) is 5.78. The fourth-order valence-corrected chi connectivity index (χ4v) is 1.85. The molecule has 0 heterocycles. The first kappa shape index (κ1) is 14.4. The van der Waals surface area contributed by atoms with Crippen LogP contribution in [0.15, 0.2) is 0 Å². The summed E-state index contributed by atoms with van der Waals surface area (Å²) >= 11 is 0. The van der Waals surface area contributed by atoms with Crippen molar-refractivity contribution in [3.8, 4) is 0 Å². The van der Waals surface area contributed by atoms with Gasteiger partial charge in [-0.25, -0.2) is 0 Å². The fourth-order valence-electron chi connectivity index (χ4n) is 1.85. The molecule has 0 aliphatic rings. The molecule has 0 atom stereocenters. The summed E-state index contributed by atoms with van der Waals surface area (Å²) < 4.78 is 0. The number of hydrogen-bond donors (Lipinski definition) is 0. The van der Waals surface area contributed by atoms with Gasteiger partial charge in [0, 0.05) is 18.5 Å². The molecule has 3 nitrogen and oxygen atoms in total. The highest BCUT2D eigenvalue weighted by molar-refractivity contribution is 5.76. The molecule has 90 valence electrons.